The fourth-order valence-corrected chi connectivity index (χ4v) is 3.62. The molecular weight excluding hydrogens is 351 g/mol. The quantitative estimate of drug-likeness (QED) is 0.856. The zero-order valence-corrected chi connectivity index (χ0v) is 14.3. The van der Waals surface area contributed by atoms with Crippen LogP contribution < -0.4 is 10.6 Å². The van der Waals surface area contributed by atoms with E-state index in [2.05, 4.69) is 10.6 Å². The summed E-state index contributed by atoms with van der Waals surface area (Å²) in [5.74, 6) is -1.19. The van der Waals surface area contributed by atoms with Gasteiger partial charge in [-0.1, -0.05) is 17.7 Å². The third-order valence-corrected chi connectivity index (χ3v) is 5.04. The number of hydrogen-bond acceptors (Lipinski definition) is 3. The lowest BCUT2D eigenvalue weighted by atomic mass is 10.2. The molecule has 1 atom stereocenters. The van der Waals surface area contributed by atoms with E-state index in [-0.39, 0.29) is 18.0 Å². The number of anilines is 2. The topological polar surface area (TPSA) is 58.2 Å². The first-order valence-corrected chi connectivity index (χ1v) is 8.51. The number of hydrogen-bond donors (Lipinski definition) is 2. The second-order valence-corrected chi connectivity index (χ2v) is 7.15. The highest BCUT2D eigenvalue weighted by atomic mass is 35.5. The maximum absolute atomic E-state index is 13.7. The minimum absolute atomic E-state index is 0.0497. The van der Waals surface area contributed by atoms with Crippen LogP contribution in [0.1, 0.15) is 12.0 Å². The molecule has 1 unspecified atom stereocenters. The highest BCUT2D eigenvalue weighted by Gasteiger charge is 2.29. The van der Waals surface area contributed by atoms with Gasteiger partial charge < -0.3 is 10.6 Å². The van der Waals surface area contributed by atoms with Crippen molar-refractivity contribution in [2.24, 2.45) is 0 Å². The van der Waals surface area contributed by atoms with Crippen LogP contribution in [0, 0.1) is 12.7 Å². The van der Waals surface area contributed by atoms with Crippen molar-refractivity contribution >= 4 is 46.6 Å². The average Bonchev–Trinajstić information content (AvgIpc) is 2.52. The Hall–Kier alpha value is -2.05. The molecule has 124 valence electrons. The zero-order chi connectivity index (χ0) is 17.3. The van der Waals surface area contributed by atoms with Crippen LogP contribution in [-0.4, -0.2) is 17.1 Å². The van der Waals surface area contributed by atoms with Gasteiger partial charge in [0.2, 0.25) is 11.8 Å². The molecule has 0 bridgehead atoms. The van der Waals surface area contributed by atoms with E-state index in [0.29, 0.717) is 10.7 Å². The second-order valence-electron chi connectivity index (χ2n) is 5.47. The Bertz CT molecular complexity index is 828. The standard InChI is InChI=1S/C17H14ClFN2O2S/c1-9-2-4-11(19)12(6-9)20-16(22)8-15-17(23)21-13-7-10(18)3-5-14(13)24-15/h2-7,15H,8H2,1H3,(H,20,22)(H,21,23). The van der Waals surface area contributed by atoms with Crippen molar-refractivity contribution in [1.29, 1.82) is 0 Å². The number of carbonyl (C=O) groups excluding carboxylic acids is 2. The van der Waals surface area contributed by atoms with Gasteiger partial charge in [-0.15, -0.1) is 11.8 Å². The SMILES string of the molecule is Cc1ccc(F)c(NC(=O)CC2Sc3ccc(Cl)cc3NC2=O)c1. The van der Waals surface area contributed by atoms with Crippen LogP contribution in [0.4, 0.5) is 15.8 Å². The van der Waals surface area contributed by atoms with E-state index in [9.17, 15) is 14.0 Å². The highest BCUT2D eigenvalue weighted by molar-refractivity contribution is 8.01. The lowest BCUT2D eigenvalue weighted by molar-refractivity contribution is -0.120. The third kappa shape index (κ3) is 3.71. The van der Waals surface area contributed by atoms with Crippen LogP contribution in [0.5, 0.6) is 0 Å². The number of rotatable bonds is 3. The Kier molecular flexibility index (Phi) is 4.78. The van der Waals surface area contributed by atoms with Crippen molar-refractivity contribution in [3.8, 4) is 0 Å². The van der Waals surface area contributed by atoms with Crippen LogP contribution in [0.2, 0.25) is 5.02 Å². The molecule has 1 aliphatic rings. The van der Waals surface area contributed by atoms with Gasteiger partial charge in [-0.2, -0.15) is 0 Å². The summed E-state index contributed by atoms with van der Waals surface area (Å²) in [6.45, 7) is 1.81. The molecule has 0 spiro atoms. The minimum atomic E-state index is -0.577. The molecule has 2 amide bonds. The third-order valence-electron chi connectivity index (χ3n) is 3.53. The lowest BCUT2D eigenvalue weighted by Crippen LogP contribution is -2.32. The molecule has 0 aliphatic carbocycles. The van der Waals surface area contributed by atoms with Gasteiger partial charge in [0.05, 0.1) is 16.6 Å². The van der Waals surface area contributed by atoms with Gasteiger partial charge in [-0.3, -0.25) is 9.59 Å². The molecule has 0 saturated heterocycles. The molecule has 4 nitrogen and oxygen atoms in total. The molecule has 7 heteroatoms. The van der Waals surface area contributed by atoms with E-state index < -0.39 is 17.0 Å². The molecule has 0 aromatic heterocycles. The average molecular weight is 365 g/mol. The molecule has 0 saturated carbocycles. The summed E-state index contributed by atoms with van der Waals surface area (Å²) in [6, 6.07) is 9.67. The molecule has 1 aliphatic heterocycles. The summed E-state index contributed by atoms with van der Waals surface area (Å²) in [5.41, 5.74) is 1.59. The van der Waals surface area contributed by atoms with E-state index in [1.807, 2.05) is 6.92 Å². The fourth-order valence-electron chi connectivity index (χ4n) is 2.36. The number of carbonyl (C=O) groups is 2. The van der Waals surface area contributed by atoms with E-state index in [0.717, 1.165) is 10.5 Å². The van der Waals surface area contributed by atoms with Crippen LogP contribution in [0.3, 0.4) is 0 Å². The molecular formula is C17H14ClFN2O2S. The molecule has 0 fully saturated rings. The Morgan fingerprint density at radius 3 is 2.92 bits per heavy atom. The monoisotopic (exact) mass is 364 g/mol. The smallest absolute Gasteiger partial charge is 0.238 e. The Morgan fingerprint density at radius 1 is 1.33 bits per heavy atom. The van der Waals surface area contributed by atoms with Crippen LogP contribution >= 0.6 is 23.4 Å². The first kappa shape index (κ1) is 16.8. The molecule has 2 N–H and O–H groups in total. The lowest BCUT2D eigenvalue weighted by Gasteiger charge is -2.23. The van der Waals surface area contributed by atoms with E-state index >= 15 is 0 Å². The maximum atomic E-state index is 13.7. The molecule has 1 heterocycles. The highest BCUT2D eigenvalue weighted by Crippen LogP contribution is 2.38. The normalized spacial score (nSPS) is 16.3. The predicted octanol–water partition coefficient (Wildman–Crippen LogP) is 4.23. The number of benzene rings is 2. The van der Waals surface area contributed by atoms with Crippen molar-refractivity contribution in [1.82, 2.24) is 0 Å². The maximum Gasteiger partial charge on any atom is 0.238 e. The van der Waals surface area contributed by atoms with E-state index in [1.54, 1.807) is 30.3 Å². The number of nitrogens with one attached hydrogen (secondary N) is 2. The van der Waals surface area contributed by atoms with Crippen LogP contribution in [-0.2, 0) is 9.59 Å². The van der Waals surface area contributed by atoms with Crippen LogP contribution in [0.15, 0.2) is 41.3 Å². The number of aryl methyl sites for hydroxylation is 1. The molecule has 24 heavy (non-hydrogen) atoms. The Labute approximate surface area is 147 Å². The van der Waals surface area contributed by atoms with Crippen molar-refractivity contribution in [2.45, 2.75) is 23.5 Å². The largest absolute Gasteiger partial charge is 0.324 e. The predicted molar refractivity (Wildman–Crippen MR) is 94.1 cm³/mol. The summed E-state index contributed by atoms with van der Waals surface area (Å²) < 4.78 is 13.7. The van der Waals surface area contributed by atoms with Crippen molar-refractivity contribution < 1.29 is 14.0 Å². The van der Waals surface area contributed by atoms with Gasteiger partial charge in [0.15, 0.2) is 0 Å². The first-order chi connectivity index (χ1) is 11.4. The number of fused-ring (bicyclic) bond motifs is 1. The molecule has 0 radical (unpaired) electrons. The Morgan fingerprint density at radius 2 is 2.12 bits per heavy atom. The van der Waals surface area contributed by atoms with Crippen molar-refractivity contribution in [3.63, 3.8) is 0 Å². The zero-order valence-electron chi connectivity index (χ0n) is 12.7. The summed E-state index contributed by atoms with van der Waals surface area (Å²) in [6.07, 6.45) is -0.0497. The van der Waals surface area contributed by atoms with Gasteiger partial charge in [0.25, 0.3) is 0 Å². The van der Waals surface area contributed by atoms with Gasteiger partial charge in [0.1, 0.15) is 5.82 Å². The Balaban J connectivity index is 1.69. The second kappa shape index (κ2) is 6.83. The fraction of sp³-hybridized carbons (Fsp3) is 0.176. The van der Waals surface area contributed by atoms with Crippen LogP contribution in [0.25, 0.3) is 0 Å². The number of amides is 2. The molecule has 3 rings (SSSR count). The summed E-state index contributed by atoms with van der Waals surface area (Å²) in [4.78, 5) is 25.2. The number of halogens is 2. The van der Waals surface area contributed by atoms with Gasteiger partial charge >= 0.3 is 0 Å². The van der Waals surface area contributed by atoms with E-state index in [4.69, 9.17) is 11.6 Å². The summed E-state index contributed by atoms with van der Waals surface area (Å²) >= 11 is 7.20. The van der Waals surface area contributed by atoms with Crippen molar-refractivity contribution in [3.05, 3.63) is 52.8 Å². The minimum Gasteiger partial charge on any atom is -0.324 e. The van der Waals surface area contributed by atoms with Gasteiger partial charge in [-0.05, 0) is 42.8 Å². The van der Waals surface area contributed by atoms with E-state index in [1.165, 1.54) is 17.8 Å². The molecule has 2 aromatic rings. The number of thioether (sulfide) groups is 1. The van der Waals surface area contributed by atoms with Gasteiger partial charge in [0, 0.05) is 16.3 Å². The molecule has 2 aromatic carbocycles. The van der Waals surface area contributed by atoms with Crippen molar-refractivity contribution in [2.75, 3.05) is 10.6 Å². The summed E-state index contributed by atoms with van der Waals surface area (Å²) in [5, 5.41) is 5.22. The first-order valence-electron chi connectivity index (χ1n) is 7.25. The summed E-state index contributed by atoms with van der Waals surface area (Å²) in [7, 11) is 0. The van der Waals surface area contributed by atoms with Gasteiger partial charge in [-0.25, -0.2) is 4.39 Å².